The van der Waals surface area contributed by atoms with Gasteiger partial charge in [0.05, 0.1) is 12.7 Å². The van der Waals surface area contributed by atoms with Gasteiger partial charge in [0.1, 0.15) is 5.00 Å². The Morgan fingerprint density at radius 3 is 1.96 bits per heavy atom. The average molecular weight is 406 g/mol. The van der Waals surface area contributed by atoms with Gasteiger partial charge in [0.15, 0.2) is 0 Å². The Labute approximate surface area is 148 Å². The van der Waals surface area contributed by atoms with Crippen molar-refractivity contribution in [3.8, 4) is 0 Å². The van der Waals surface area contributed by atoms with E-state index in [2.05, 4.69) is 4.74 Å². The zero-order valence-electron chi connectivity index (χ0n) is 14.1. The van der Waals surface area contributed by atoms with Gasteiger partial charge in [0.2, 0.25) is 5.91 Å². The molecule has 1 amide bonds. The molecule has 1 rings (SSSR count). The predicted octanol–water partition coefficient (Wildman–Crippen LogP) is 3.77. The number of ether oxygens (including phenoxy) is 1. The third-order valence-electron chi connectivity index (χ3n) is 3.47. The molecule has 0 unspecified atom stereocenters. The zero-order valence-corrected chi connectivity index (χ0v) is 14.9. The largest absolute Gasteiger partial charge is 0.465 e. The van der Waals surface area contributed by atoms with Crippen LogP contribution < -0.4 is 10.6 Å². The molecule has 0 spiro atoms. The van der Waals surface area contributed by atoms with E-state index in [0.29, 0.717) is 23.1 Å². The van der Waals surface area contributed by atoms with Crippen LogP contribution in [0.4, 0.5) is 31.3 Å². The van der Waals surface area contributed by atoms with Crippen molar-refractivity contribution in [2.45, 2.75) is 45.2 Å². The first-order valence-electron chi connectivity index (χ1n) is 7.12. The highest BCUT2D eigenvalue weighted by atomic mass is 32.1. The minimum atomic E-state index is -5.95. The highest BCUT2D eigenvalue weighted by Gasteiger charge is 2.72. The molecule has 1 aromatic heterocycles. The summed E-state index contributed by atoms with van der Waals surface area (Å²) in [5.41, 5.74) is -4.94. The van der Waals surface area contributed by atoms with Crippen LogP contribution in [-0.4, -0.2) is 37.0 Å². The van der Waals surface area contributed by atoms with E-state index in [1.807, 2.05) is 0 Å². The van der Waals surface area contributed by atoms with Crippen LogP contribution >= 0.6 is 11.3 Å². The summed E-state index contributed by atoms with van der Waals surface area (Å²) >= 11 is 0.532. The number of amides is 1. The lowest BCUT2D eigenvalue weighted by molar-refractivity contribution is -0.295. The maximum absolute atomic E-state index is 13.4. The third kappa shape index (κ3) is 3.89. The highest BCUT2D eigenvalue weighted by Crippen LogP contribution is 2.46. The number of carbonyl (C=O) groups excluding carboxylic acids is 2. The van der Waals surface area contributed by atoms with Crippen molar-refractivity contribution < 1.29 is 40.7 Å². The van der Waals surface area contributed by atoms with Crippen molar-refractivity contribution in [3.63, 3.8) is 0 Å². The van der Waals surface area contributed by atoms with E-state index in [4.69, 9.17) is 0 Å². The Bertz CT molecular complexity index is 682. The van der Waals surface area contributed by atoms with Gasteiger partial charge in [-0.05, 0) is 18.9 Å². The fourth-order valence-electron chi connectivity index (χ4n) is 2.32. The van der Waals surface area contributed by atoms with Crippen LogP contribution in [0.3, 0.4) is 0 Å². The molecule has 0 aliphatic heterocycles. The second-order valence-corrected chi connectivity index (χ2v) is 6.46. The van der Waals surface area contributed by atoms with Crippen molar-refractivity contribution in [3.05, 3.63) is 16.0 Å². The number of thiophene rings is 1. The second kappa shape index (κ2) is 7.33. The number of anilines is 1. The number of carbonyl (C=O) groups is 2. The molecule has 0 radical (unpaired) electrons. The van der Waals surface area contributed by atoms with E-state index < -0.39 is 40.5 Å². The molecule has 0 fully saturated rings. The molecule has 1 aromatic rings. The van der Waals surface area contributed by atoms with E-state index in [1.54, 1.807) is 6.92 Å². The van der Waals surface area contributed by atoms with E-state index in [9.17, 15) is 35.9 Å². The zero-order chi connectivity index (χ0) is 20.5. The number of esters is 1. The van der Waals surface area contributed by atoms with Crippen LogP contribution in [0.15, 0.2) is 0 Å². The molecule has 0 saturated carbocycles. The van der Waals surface area contributed by atoms with Gasteiger partial charge in [-0.3, -0.25) is 4.79 Å². The van der Waals surface area contributed by atoms with E-state index in [1.165, 1.54) is 12.2 Å². The summed E-state index contributed by atoms with van der Waals surface area (Å²) in [5, 5.41) is 1.53. The summed E-state index contributed by atoms with van der Waals surface area (Å²) in [5.74, 6) is -2.65. The van der Waals surface area contributed by atoms with Crippen LogP contribution in [0.5, 0.6) is 0 Å². The topological polar surface area (TPSA) is 67.4 Å². The van der Waals surface area contributed by atoms with Crippen LogP contribution in [0.1, 0.15) is 34.6 Å². The number of aryl methyl sites for hydroxylation is 1. The number of hydrogen-bond acceptors (Lipinski definition) is 5. The fourth-order valence-corrected chi connectivity index (χ4v) is 3.51. The highest BCUT2D eigenvalue weighted by molar-refractivity contribution is 7.16. The van der Waals surface area contributed by atoms with Gasteiger partial charge in [0.25, 0.3) is 0 Å². The maximum atomic E-state index is 13.4. The summed E-state index contributed by atoms with van der Waals surface area (Å²) in [6.07, 6.45) is -11.7. The SMILES string of the molecule is CCc1c(C)sc(NC(NC(C)=O)(C(F)(F)F)C(F)(F)F)c1C(=O)OC. The summed E-state index contributed by atoms with van der Waals surface area (Å²) in [4.78, 5) is 23.4. The molecule has 148 valence electrons. The van der Waals surface area contributed by atoms with Gasteiger partial charge in [0, 0.05) is 11.8 Å². The molecule has 12 heteroatoms. The first-order valence-corrected chi connectivity index (χ1v) is 7.94. The fraction of sp³-hybridized carbons (Fsp3) is 0.571. The minimum Gasteiger partial charge on any atom is -0.465 e. The first kappa shape index (κ1) is 22.1. The Balaban J connectivity index is 3.69. The van der Waals surface area contributed by atoms with Crippen LogP contribution in [0.2, 0.25) is 0 Å². The van der Waals surface area contributed by atoms with E-state index in [0.717, 1.165) is 12.4 Å². The third-order valence-corrected chi connectivity index (χ3v) is 4.53. The summed E-state index contributed by atoms with van der Waals surface area (Å²) in [6, 6.07) is 0. The lowest BCUT2D eigenvalue weighted by Gasteiger charge is -2.38. The minimum absolute atomic E-state index is 0.180. The predicted molar refractivity (Wildman–Crippen MR) is 82.1 cm³/mol. The van der Waals surface area contributed by atoms with Gasteiger partial charge < -0.3 is 15.4 Å². The van der Waals surface area contributed by atoms with Crippen molar-refractivity contribution in [1.82, 2.24) is 5.32 Å². The molecule has 2 N–H and O–H groups in total. The molecule has 1 heterocycles. The Kier molecular flexibility index (Phi) is 6.22. The molecular formula is C14H16F6N2O3S. The number of rotatable bonds is 5. The van der Waals surface area contributed by atoms with Crippen molar-refractivity contribution in [2.75, 3.05) is 12.4 Å². The summed E-state index contributed by atoms with van der Waals surface area (Å²) in [6.45, 7) is 3.55. The lowest BCUT2D eigenvalue weighted by atomic mass is 10.1. The molecule has 0 saturated heterocycles. The van der Waals surface area contributed by atoms with Crippen molar-refractivity contribution >= 4 is 28.2 Å². The number of nitrogens with one attached hydrogen (secondary N) is 2. The first-order chi connectivity index (χ1) is 11.7. The molecular weight excluding hydrogens is 390 g/mol. The van der Waals surface area contributed by atoms with Crippen LogP contribution in [0.25, 0.3) is 0 Å². The molecule has 0 aliphatic rings. The number of methoxy groups -OCH3 is 1. The Hall–Kier alpha value is -1.98. The molecule has 0 bridgehead atoms. The summed E-state index contributed by atoms with van der Waals surface area (Å²) in [7, 11) is 0.952. The van der Waals surface area contributed by atoms with Gasteiger partial charge in [-0.25, -0.2) is 4.79 Å². The standard InChI is InChI=1S/C14H16F6N2O3S/c1-5-8-6(2)26-10(9(8)11(24)25-4)22-12(13(15,16)17,14(18,19)20)21-7(3)23/h22H,5H2,1-4H3,(H,21,23). The number of alkyl halides is 6. The van der Waals surface area contributed by atoms with Gasteiger partial charge >= 0.3 is 24.0 Å². The van der Waals surface area contributed by atoms with Crippen molar-refractivity contribution in [2.24, 2.45) is 0 Å². The molecule has 0 aromatic carbocycles. The van der Waals surface area contributed by atoms with E-state index >= 15 is 0 Å². The lowest BCUT2D eigenvalue weighted by Crippen LogP contribution is -2.72. The molecule has 0 atom stereocenters. The molecule has 0 aliphatic carbocycles. The normalized spacial score (nSPS) is 12.7. The Morgan fingerprint density at radius 1 is 1.12 bits per heavy atom. The average Bonchev–Trinajstić information content (AvgIpc) is 2.78. The van der Waals surface area contributed by atoms with Crippen LogP contribution in [0, 0.1) is 6.92 Å². The summed E-state index contributed by atoms with van der Waals surface area (Å²) < 4.78 is 85.0. The molecule has 26 heavy (non-hydrogen) atoms. The molecule has 5 nitrogen and oxygen atoms in total. The number of hydrogen-bond donors (Lipinski definition) is 2. The quantitative estimate of drug-likeness (QED) is 0.444. The Morgan fingerprint density at radius 2 is 1.62 bits per heavy atom. The second-order valence-electron chi connectivity index (χ2n) is 5.24. The van der Waals surface area contributed by atoms with Crippen molar-refractivity contribution in [1.29, 1.82) is 0 Å². The van der Waals surface area contributed by atoms with E-state index in [-0.39, 0.29) is 12.0 Å². The maximum Gasteiger partial charge on any atom is 0.439 e. The smallest absolute Gasteiger partial charge is 0.439 e. The van der Waals surface area contributed by atoms with Crippen LogP contribution in [-0.2, 0) is 16.0 Å². The van der Waals surface area contributed by atoms with Gasteiger partial charge in [-0.1, -0.05) is 6.92 Å². The number of halogens is 6. The van der Waals surface area contributed by atoms with Gasteiger partial charge in [-0.2, -0.15) is 26.3 Å². The monoisotopic (exact) mass is 406 g/mol. The van der Waals surface area contributed by atoms with Gasteiger partial charge in [-0.15, -0.1) is 11.3 Å².